The number of carbonyl (C=O) groups is 2. The summed E-state index contributed by atoms with van der Waals surface area (Å²) in [6.07, 6.45) is 0.209. The number of benzene rings is 2. The van der Waals surface area contributed by atoms with Gasteiger partial charge in [-0.2, -0.15) is 0 Å². The maximum atomic E-state index is 12.9. The van der Waals surface area contributed by atoms with Gasteiger partial charge in [0.1, 0.15) is 5.82 Å². The Bertz CT molecular complexity index is 647. The first-order valence-electron chi connectivity index (χ1n) is 6.28. The SMILES string of the molecule is O=C(O)c1ccc(CC(C(=O)O)c2ccc(F)cc2)cc1. The van der Waals surface area contributed by atoms with Crippen LogP contribution in [0.4, 0.5) is 4.39 Å². The van der Waals surface area contributed by atoms with Gasteiger partial charge in [0.25, 0.3) is 0 Å². The molecule has 0 aliphatic rings. The lowest BCUT2D eigenvalue weighted by Gasteiger charge is -2.13. The number of hydrogen-bond donors (Lipinski definition) is 2. The lowest BCUT2D eigenvalue weighted by molar-refractivity contribution is -0.138. The highest BCUT2D eigenvalue weighted by Gasteiger charge is 2.20. The van der Waals surface area contributed by atoms with Crippen molar-refractivity contribution in [3.8, 4) is 0 Å². The van der Waals surface area contributed by atoms with Crippen LogP contribution < -0.4 is 0 Å². The highest BCUT2D eigenvalue weighted by Crippen LogP contribution is 2.22. The average Bonchev–Trinajstić information content (AvgIpc) is 2.46. The Kier molecular flexibility index (Phi) is 4.33. The summed E-state index contributed by atoms with van der Waals surface area (Å²) in [6, 6.07) is 11.4. The molecular formula is C16H13FO4. The molecule has 1 atom stereocenters. The largest absolute Gasteiger partial charge is 0.481 e. The summed E-state index contributed by atoms with van der Waals surface area (Å²) >= 11 is 0. The van der Waals surface area contributed by atoms with Crippen LogP contribution in [0.15, 0.2) is 48.5 Å². The standard InChI is InChI=1S/C16H13FO4/c17-13-7-5-11(6-8-13)14(16(20)21)9-10-1-3-12(4-2-10)15(18)19/h1-8,14H,9H2,(H,18,19)(H,20,21). The van der Waals surface area contributed by atoms with E-state index in [4.69, 9.17) is 5.11 Å². The number of rotatable bonds is 5. The molecule has 108 valence electrons. The summed E-state index contributed by atoms with van der Waals surface area (Å²) in [5, 5.41) is 18.1. The zero-order valence-electron chi connectivity index (χ0n) is 11.0. The topological polar surface area (TPSA) is 74.6 Å². The van der Waals surface area contributed by atoms with E-state index in [9.17, 15) is 19.1 Å². The molecule has 0 saturated carbocycles. The second-order valence-corrected chi connectivity index (χ2v) is 4.65. The van der Waals surface area contributed by atoms with Gasteiger partial charge in [-0.1, -0.05) is 24.3 Å². The van der Waals surface area contributed by atoms with Gasteiger partial charge >= 0.3 is 11.9 Å². The van der Waals surface area contributed by atoms with E-state index in [0.717, 1.165) is 0 Å². The van der Waals surface area contributed by atoms with Gasteiger partial charge in [0.15, 0.2) is 0 Å². The average molecular weight is 288 g/mol. The van der Waals surface area contributed by atoms with E-state index >= 15 is 0 Å². The van der Waals surface area contributed by atoms with Crippen molar-refractivity contribution in [3.05, 3.63) is 71.0 Å². The van der Waals surface area contributed by atoms with Gasteiger partial charge in [-0.15, -0.1) is 0 Å². The van der Waals surface area contributed by atoms with E-state index < -0.39 is 23.7 Å². The van der Waals surface area contributed by atoms with E-state index in [0.29, 0.717) is 11.1 Å². The quantitative estimate of drug-likeness (QED) is 0.887. The summed E-state index contributed by atoms with van der Waals surface area (Å²) in [7, 11) is 0. The van der Waals surface area contributed by atoms with Crippen molar-refractivity contribution in [1.29, 1.82) is 0 Å². The molecule has 2 aromatic rings. The first kappa shape index (κ1) is 14.7. The number of hydrogen-bond acceptors (Lipinski definition) is 2. The monoisotopic (exact) mass is 288 g/mol. The van der Waals surface area contributed by atoms with E-state index in [-0.39, 0.29) is 12.0 Å². The van der Waals surface area contributed by atoms with Crippen LogP contribution in [0.1, 0.15) is 27.4 Å². The molecule has 1 unspecified atom stereocenters. The Balaban J connectivity index is 2.22. The number of carboxylic acid groups (broad SMARTS) is 2. The summed E-state index contributed by atoms with van der Waals surface area (Å²) in [5.41, 5.74) is 1.36. The normalized spacial score (nSPS) is 11.9. The zero-order valence-corrected chi connectivity index (χ0v) is 11.0. The van der Waals surface area contributed by atoms with Crippen LogP contribution in [-0.2, 0) is 11.2 Å². The van der Waals surface area contributed by atoms with Crippen molar-refractivity contribution in [1.82, 2.24) is 0 Å². The Morgan fingerprint density at radius 1 is 0.952 bits per heavy atom. The van der Waals surface area contributed by atoms with Crippen LogP contribution in [0, 0.1) is 5.82 Å². The van der Waals surface area contributed by atoms with Crippen LogP contribution in [0.3, 0.4) is 0 Å². The van der Waals surface area contributed by atoms with E-state index in [1.165, 1.54) is 36.4 Å². The Hall–Kier alpha value is -2.69. The molecule has 0 aliphatic carbocycles. The Morgan fingerprint density at radius 2 is 1.52 bits per heavy atom. The third-order valence-electron chi connectivity index (χ3n) is 3.21. The van der Waals surface area contributed by atoms with Gasteiger partial charge in [-0.25, -0.2) is 9.18 Å². The molecule has 2 aromatic carbocycles. The summed E-state index contributed by atoms with van der Waals surface area (Å²) in [4.78, 5) is 22.1. The molecule has 21 heavy (non-hydrogen) atoms. The van der Waals surface area contributed by atoms with Gasteiger partial charge in [0.2, 0.25) is 0 Å². The first-order valence-corrected chi connectivity index (χ1v) is 6.28. The van der Waals surface area contributed by atoms with Crippen LogP contribution in [-0.4, -0.2) is 22.2 Å². The molecule has 5 heteroatoms. The van der Waals surface area contributed by atoms with Gasteiger partial charge in [-0.3, -0.25) is 4.79 Å². The third kappa shape index (κ3) is 3.66. The van der Waals surface area contributed by atoms with Crippen molar-refractivity contribution in [2.24, 2.45) is 0 Å². The van der Waals surface area contributed by atoms with Crippen molar-refractivity contribution >= 4 is 11.9 Å². The number of aliphatic carboxylic acids is 1. The van der Waals surface area contributed by atoms with Crippen LogP contribution in [0.5, 0.6) is 0 Å². The third-order valence-corrected chi connectivity index (χ3v) is 3.21. The van der Waals surface area contributed by atoms with Crippen molar-refractivity contribution in [2.75, 3.05) is 0 Å². The molecule has 0 aromatic heterocycles. The number of carboxylic acids is 2. The van der Waals surface area contributed by atoms with Gasteiger partial charge < -0.3 is 10.2 Å². The fourth-order valence-corrected chi connectivity index (χ4v) is 2.06. The predicted octanol–water partition coefficient (Wildman–Crippen LogP) is 2.93. The van der Waals surface area contributed by atoms with Crippen LogP contribution in [0.25, 0.3) is 0 Å². The molecule has 0 saturated heterocycles. The zero-order chi connectivity index (χ0) is 15.4. The van der Waals surface area contributed by atoms with Crippen molar-refractivity contribution in [3.63, 3.8) is 0 Å². The Morgan fingerprint density at radius 3 is 2.00 bits per heavy atom. The minimum atomic E-state index is -1.03. The molecule has 0 heterocycles. The molecule has 0 radical (unpaired) electrons. The van der Waals surface area contributed by atoms with Gasteiger partial charge in [0, 0.05) is 0 Å². The predicted molar refractivity (Wildman–Crippen MR) is 73.9 cm³/mol. The molecule has 2 rings (SSSR count). The summed E-state index contributed by atoms with van der Waals surface area (Å²) < 4.78 is 12.9. The van der Waals surface area contributed by atoms with Gasteiger partial charge in [0.05, 0.1) is 11.5 Å². The molecule has 2 N–H and O–H groups in total. The first-order chi connectivity index (χ1) is 9.97. The maximum Gasteiger partial charge on any atom is 0.335 e. The van der Waals surface area contributed by atoms with E-state index in [1.54, 1.807) is 12.1 Å². The number of halogens is 1. The fourth-order valence-electron chi connectivity index (χ4n) is 2.06. The minimum absolute atomic E-state index is 0.146. The second-order valence-electron chi connectivity index (χ2n) is 4.65. The van der Waals surface area contributed by atoms with Gasteiger partial charge in [-0.05, 0) is 41.8 Å². The number of aromatic carboxylic acids is 1. The fraction of sp³-hybridized carbons (Fsp3) is 0.125. The molecule has 4 nitrogen and oxygen atoms in total. The second kappa shape index (κ2) is 6.17. The van der Waals surface area contributed by atoms with Crippen molar-refractivity contribution in [2.45, 2.75) is 12.3 Å². The molecular weight excluding hydrogens is 275 g/mol. The van der Waals surface area contributed by atoms with E-state index in [1.807, 2.05) is 0 Å². The summed E-state index contributed by atoms with van der Waals surface area (Å²) in [6.45, 7) is 0. The van der Waals surface area contributed by atoms with Crippen molar-refractivity contribution < 1.29 is 24.2 Å². The highest BCUT2D eigenvalue weighted by molar-refractivity contribution is 5.87. The lowest BCUT2D eigenvalue weighted by Crippen LogP contribution is -2.14. The Labute approximate surface area is 120 Å². The maximum absolute atomic E-state index is 12.9. The highest BCUT2D eigenvalue weighted by atomic mass is 19.1. The molecule has 0 fully saturated rings. The molecule has 0 bridgehead atoms. The molecule has 0 spiro atoms. The van der Waals surface area contributed by atoms with E-state index in [2.05, 4.69) is 0 Å². The summed E-state index contributed by atoms with van der Waals surface area (Å²) in [5.74, 6) is -3.27. The van der Waals surface area contributed by atoms with Crippen LogP contribution in [0.2, 0.25) is 0 Å². The molecule has 0 aliphatic heterocycles. The molecule has 0 amide bonds. The lowest BCUT2D eigenvalue weighted by atomic mass is 9.92. The van der Waals surface area contributed by atoms with Crippen LogP contribution >= 0.6 is 0 Å². The minimum Gasteiger partial charge on any atom is -0.481 e. The smallest absolute Gasteiger partial charge is 0.335 e.